The van der Waals surface area contributed by atoms with Gasteiger partial charge in [0.25, 0.3) is 0 Å². The molecule has 1 atom stereocenters. The van der Waals surface area contributed by atoms with Crippen molar-refractivity contribution in [2.45, 2.75) is 46.6 Å². The Morgan fingerprint density at radius 1 is 1.22 bits per heavy atom. The van der Waals surface area contributed by atoms with Crippen LogP contribution in [0.15, 0.2) is 6.07 Å². The first-order chi connectivity index (χ1) is 10.6. The Bertz CT molecular complexity index is 617. The third-order valence-corrected chi connectivity index (χ3v) is 4.66. The van der Waals surface area contributed by atoms with Crippen molar-refractivity contribution in [2.75, 3.05) is 4.90 Å². The molecule has 0 saturated heterocycles. The number of carboxylic acids is 1. The second-order valence-corrected chi connectivity index (χ2v) is 6.80. The predicted octanol–water partition coefficient (Wildman–Crippen LogP) is 5.06. The van der Waals surface area contributed by atoms with Crippen LogP contribution < -0.4 is 4.90 Å². The zero-order chi connectivity index (χ0) is 17.9. The number of aliphatic carboxylic acids is 1. The first-order valence-corrected chi connectivity index (χ1v) is 8.44. The number of benzene rings is 1. The Balaban J connectivity index is 3.48. The van der Waals surface area contributed by atoms with Crippen LogP contribution in [0.4, 0.5) is 5.69 Å². The molecule has 1 aromatic carbocycles. The van der Waals surface area contributed by atoms with Gasteiger partial charge < -0.3 is 10.0 Å². The molecule has 0 spiro atoms. The van der Waals surface area contributed by atoms with Gasteiger partial charge in [0.05, 0.1) is 21.7 Å². The van der Waals surface area contributed by atoms with Gasteiger partial charge in [0.15, 0.2) is 0 Å². The van der Waals surface area contributed by atoms with Crippen LogP contribution >= 0.6 is 34.8 Å². The molecule has 1 rings (SSSR count). The Hall–Kier alpha value is -0.970. The average Bonchev–Trinajstić information content (AvgIpc) is 2.41. The lowest BCUT2D eigenvalue weighted by Gasteiger charge is -2.29. The number of amides is 1. The van der Waals surface area contributed by atoms with Gasteiger partial charge >= 0.3 is 5.97 Å². The minimum absolute atomic E-state index is 0.155. The number of anilines is 1. The second kappa shape index (κ2) is 8.22. The van der Waals surface area contributed by atoms with Crippen molar-refractivity contribution < 1.29 is 14.7 Å². The second-order valence-electron chi connectivity index (χ2n) is 5.61. The topological polar surface area (TPSA) is 57.6 Å². The number of hydrogen-bond donors (Lipinski definition) is 1. The number of carbonyl (C=O) groups is 2. The summed E-state index contributed by atoms with van der Waals surface area (Å²) in [7, 11) is 0. The summed E-state index contributed by atoms with van der Waals surface area (Å²) in [6.45, 7) is 6.89. The molecule has 0 aliphatic carbocycles. The lowest BCUT2D eigenvalue weighted by atomic mass is 9.96. The highest BCUT2D eigenvalue weighted by Crippen LogP contribution is 2.42. The molecule has 0 heterocycles. The summed E-state index contributed by atoms with van der Waals surface area (Å²) in [4.78, 5) is 24.7. The van der Waals surface area contributed by atoms with E-state index in [1.165, 1.54) is 17.9 Å². The van der Waals surface area contributed by atoms with Gasteiger partial charge in [-0.3, -0.25) is 9.59 Å². The van der Waals surface area contributed by atoms with E-state index in [0.717, 1.165) is 0 Å². The molecular formula is C16H20Cl3NO3. The van der Waals surface area contributed by atoms with Gasteiger partial charge in [0.2, 0.25) is 5.91 Å². The van der Waals surface area contributed by atoms with E-state index in [4.69, 9.17) is 34.8 Å². The van der Waals surface area contributed by atoms with Gasteiger partial charge in [0.1, 0.15) is 0 Å². The molecule has 0 radical (unpaired) electrons. The Labute approximate surface area is 151 Å². The molecule has 0 fully saturated rings. The van der Waals surface area contributed by atoms with Gasteiger partial charge in [-0.25, -0.2) is 0 Å². The molecule has 0 bridgehead atoms. The molecule has 0 saturated carbocycles. The highest BCUT2D eigenvalue weighted by atomic mass is 35.5. The van der Waals surface area contributed by atoms with E-state index in [2.05, 4.69) is 0 Å². The van der Waals surface area contributed by atoms with Crippen molar-refractivity contribution in [1.82, 2.24) is 0 Å². The summed E-state index contributed by atoms with van der Waals surface area (Å²) in [6, 6.07) is 1.35. The van der Waals surface area contributed by atoms with E-state index in [0.29, 0.717) is 22.7 Å². The predicted molar refractivity (Wildman–Crippen MR) is 94.9 cm³/mol. The SMILES string of the molecule is CCC(Cc1c(Cl)cc(Cl)c(N(C(C)=O)C(C)C)c1Cl)C(=O)O. The van der Waals surface area contributed by atoms with Gasteiger partial charge in [-0.1, -0.05) is 41.7 Å². The minimum Gasteiger partial charge on any atom is -0.481 e. The van der Waals surface area contributed by atoms with Crippen LogP contribution in [0.5, 0.6) is 0 Å². The zero-order valence-electron chi connectivity index (χ0n) is 13.5. The van der Waals surface area contributed by atoms with E-state index >= 15 is 0 Å². The molecular weight excluding hydrogens is 361 g/mol. The fourth-order valence-corrected chi connectivity index (χ4v) is 3.56. The maximum absolute atomic E-state index is 12.0. The quantitative estimate of drug-likeness (QED) is 0.750. The summed E-state index contributed by atoms with van der Waals surface area (Å²) >= 11 is 18.9. The highest BCUT2D eigenvalue weighted by molar-refractivity contribution is 6.43. The fraction of sp³-hybridized carbons (Fsp3) is 0.500. The van der Waals surface area contributed by atoms with E-state index in [9.17, 15) is 14.7 Å². The summed E-state index contributed by atoms with van der Waals surface area (Å²) in [6.07, 6.45) is 0.623. The van der Waals surface area contributed by atoms with Crippen LogP contribution in [0.25, 0.3) is 0 Å². The molecule has 1 aromatic rings. The van der Waals surface area contributed by atoms with Crippen molar-refractivity contribution in [2.24, 2.45) is 5.92 Å². The molecule has 7 heteroatoms. The molecule has 0 aliphatic heterocycles. The summed E-state index contributed by atoms with van der Waals surface area (Å²) in [5, 5.41) is 10.0. The first kappa shape index (κ1) is 20.1. The first-order valence-electron chi connectivity index (χ1n) is 7.30. The molecule has 4 nitrogen and oxygen atoms in total. The molecule has 0 aliphatic rings. The van der Waals surface area contributed by atoms with Crippen LogP contribution in [0.3, 0.4) is 0 Å². The Morgan fingerprint density at radius 2 is 1.78 bits per heavy atom. The largest absolute Gasteiger partial charge is 0.481 e. The van der Waals surface area contributed by atoms with Gasteiger partial charge in [-0.2, -0.15) is 0 Å². The van der Waals surface area contributed by atoms with Crippen molar-refractivity contribution in [3.8, 4) is 0 Å². The lowest BCUT2D eigenvalue weighted by molar-refractivity contribution is -0.141. The molecule has 1 amide bonds. The highest BCUT2D eigenvalue weighted by Gasteiger charge is 2.27. The van der Waals surface area contributed by atoms with Crippen molar-refractivity contribution >= 4 is 52.4 Å². The number of halogens is 3. The van der Waals surface area contributed by atoms with Crippen LogP contribution in [0.2, 0.25) is 15.1 Å². The Kier molecular flexibility index (Phi) is 7.18. The summed E-state index contributed by atoms with van der Waals surface area (Å²) < 4.78 is 0. The van der Waals surface area contributed by atoms with Crippen LogP contribution in [-0.2, 0) is 16.0 Å². The molecule has 1 N–H and O–H groups in total. The maximum atomic E-state index is 12.0. The smallest absolute Gasteiger partial charge is 0.306 e. The van der Waals surface area contributed by atoms with Gasteiger partial charge in [0, 0.05) is 18.0 Å². The number of carboxylic acid groups (broad SMARTS) is 1. The third-order valence-electron chi connectivity index (χ3n) is 3.63. The normalized spacial score (nSPS) is 12.3. The number of carbonyl (C=O) groups excluding carboxylic acids is 1. The van der Waals surface area contributed by atoms with Gasteiger partial charge in [-0.05, 0) is 38.3 Å². The minimum atomic E-state index is -0.914. The van der Waals surface area contributed by atoms with Crippen LogP contribution in [-0.4, -0.2) is 23.0 Å². The lowest BCUT2D eigenvalue weighted by Crippen LogP contribution is -2.35. The monoisotopic (exact) mass is 379 g/mol. The summed E-state index contributed by atoms with van der Waals surface area (Å²) in [5.41, 5.74) is 0.865. The fourth-order valence-electron chi connectivity index (χ4n) is 2.46. The zero-order valence-corrected chi connectivity index (χ0v) is 15.8. The van der Waals surface area contributed by atoms with Crippen molar-refractivity contribution in [3.63, 3.8) is 0 Å². The maximum Gasteiger partial charge on any atom is 0.306 e. The summed E-state index contributed by atoms with van der Waals surface area (Å²) in [5.74, 6) is -1.73. The van der Waals surface area contributed by atoms with Crippen molar-refractivity contribution in [1.29, 1.82) is 0 Å². The van der Waals surface area contributed by atoms with Gasteiger partial charge in [-0.15, -0.1) is 0 Å². The molecule has 128 valence electrons. The number of rotatable bonds is 6. The standard InChI is InChI=1S/C16H20Cl3NO3/c1-5-10(16(22)23)6-11-12(17)7-13(18)15(14(11)19)20(8(2)3)9(4)21/h7-8,10H,5-6H2,1-4H3,(H,22,23). The molecule has 1 unspecified atom stereocenters. The number of nitrogens with zero attached hydrogens (tertiary/aromatic N) is 1. The van der Waals surface area contributed by atoms with Crippen LogP contribution in [0.1, 0.15) is 39.7 Å². The van der Waals surface area contributed by atoms with E-state index in [1.54, 1.807) is 6.92 Å². The van der Waals surface area contributed by atoms with E-state index in [1.807, 2.05) is 13.8 Å². The van der Waals surface area contributed by atoms with Crippen LogP contribution in [0, 0.1) is 5.92 Å². The third kappa shape index (κ3) is 4.52. The Morgan fingerprint density at radius 3 is 2.17 bits per heavy atom. The molecule has 0 aromatic heterocycles. The average molecular weight is 381 g/mol. The van der Waals surface area contributed by atoms with Crippen molar-refractivity contribution in [3.05, 3.63) is 26.7 Å². The van der Waals surface area contributed by atoms with E-state index in [-0.39, 0.29) is 28.4 Å². The van der Waals surface area contributed by atoms with E-state index < -0.39 is 11.9 Å². The molecule has 23 heavy (non-hydrogen) atoms. The number of hydrogen-bond acceptors (Lipinski definition) is 2.